The minimum absolute atomic E-state index is 0.390. The first-order valence-electron chi connectivity index (χ1n) is 10.3. The quantitative estimate of drug-likeness (QED) is 0.727. The highest BCUT2D eigenvalue weighted by Crippen LogP contribution is 2.66. The summed E-state index contributed by atoms with van der Waals surface area (Å²) in [7, 11) is 0. The molecule has 7 rings (SSSR count). The smallest absolute Gasteiger partial charge is 0.223 e. The molecule has 7 fully saturated rings. The summed E-state index contributed by atoms with van der Waals surface area (Å²) in [6, 6.07) is 0. The van der Waals surface area contributed by atoms with E-state index in [0.717, 1.165) is 43.2 Å². The van der Waals surface area contributed by atoms with Gasteiger partial charge in [-0.15, -0.1) is 0 Å². The van der Waals surface area contributed by atoms with Crippen LogP contribution in [-0.4, -0.2) is 23.9 Å². The predicted octanol–water partition coefficient (Wildman–Crippen LogP) is 4.63. The van der Waals surface area contributed by atoms with Crippen molar-refractivity contribution < 1.29 is 4.79 Å². The van der Waals surface area contributed by atoms with Crippen LogP contribution in [0.1, 0.15) is 77.6 Å². The summed E-state index contributed by atoms with van der Waals surface area (Å²) >= 11 is 0. The third-order valence-corrected chi connectivity index (χ3v) is 8.28. The van der Waals surface area contributed by atoms with Gasteiger partial charge in [-0.25, -0.2) is 0 Å². The first kappa shape index (κ1) is 14.8. The van der Waals surface area contributed by atoms with Gasteiger partial charge in [-0.3, -0.25) is 4.79 Å². The van der Waals surface area contributed by atoms with E-state index >= 15 is 0 Å². The van der Waals surface area contributed by atoms with Gasteiger partial charge >= 0.3 is 0 Å². The third kappa shape index (κ3) is 2.55. The van der Waals surface area contributed by atoms with Crippen molar-refractivity contribution in [1.29, 1.82) is 0 Å². The second-order valence-corrected chi connectivity index (χ2v) is 10.6. The van der Waals surface area contributed by atoms with Crippen LogP contribution in [0.4, 0.5) is 0 Å². The summed E-state index contributed by atoms with van der Waals surface area (Å²) in [6.07, 6.45) is 14.8. The molecule has 2 nitrogen and oxygen atoms in total. The first-order chi connectivity index (χ1) is 11.0. The average Bonchev–Trinajstić information content (AvgIpc) is 2.77. The number of carbonyl (C=O) groups excluding carboxylic acids is 1. The lowest BCUT2D eigenvalue weighted by Crippen LogP contribution is -2.52. The van der Waals surface area contributed by atoms with Gasteiger partial charge in [0.2, 0.25) is 5.91 Å². The summed E-state index contributed by atoms with van der Waals surface area (Å²) in [4.78, 5) is 15.5. The van der Waals surface area contributed by atoms with E-state index in [1.54, 1.807) is 0 Å². The Labute approximate surface area is 141 Å². The van der Waals surface area contributed by atoms with Crippen molar-refractivity contribution in [2.75, 3.05) is 13.1 Å². The van der Waals surface area contributed by atoms with Gasteiger partial charge in [-0.2, -0.15) is 0 Å². The summed E-state index contributed by atoms with van der Waals surface area (Å²) in [5.41, 5.74) is 0.962. The molecule has 2 heterocycles. The predicted molar refractivity (Wildman–Crippen MR) is 91.9 cm³/mol. The maximum absolute atomic E-state index is 13.2. The number of carbonyl (C=O) groups is 1. The number of hydrogen-bond acceptors (Lipinski definition) is 1. The van der Waals surface area contributed by atoms with Crippen LogP contribution in [-0.2, 0) is 4.79 Å². The zero-order chi connectivity index (χ0) is 15.7. The lowest BCUT2D eigenvalue weighted by molar-refractivity contribution is -0.145. The van der Waals surface area contributed by atoms with Gasteiger partial charge < -0.3 is 4.90 Å². The van der Waals surface area contributed by atoms with Gasteiger partial charge in [0.15, 0.2) is 0 Å². The van der Waals surface area contributed by atoms with E-state index < -0.39 is 0 Å². The topological polar surface area (TPSA) is 20.3 Å². The summed E-state index contributed by atoms with van der Waals surface area (Å²) in [5, 5.41) is 0. The number of hydrogen-bond donors (Lipinski definition) is 0. The van der Waals surface area contributed by atoms with Crippen molar-refractivity contribution in [2.24, 2.45) is 34.5 Å². The van der Waals surface area contributed by atoms with Crippen molar-refractivity contribution in [2.45, 2.75) is 77.6 Å². The Bertz CT molecular complexity index is 476. The van der Waals surface area contributed by atoms with E-state index in [2.05, 4.69) is 11.8 Å². The molecule has 5 aliphatic carbocycles. The highest BCUT2D eigenvalue weighted by molar-refractivity contribution is 5.77. The van der Waals surface area contributed by atoms with Crippen molar-refractivity contribution in [3.8, 4) is 0 Å². The van der Waals surface area contributed by atoms with E-state index in [1.807, 2.05) is 0 Å². The Morgan fingerprint density at radius 3 is 2.00 bits per heavy atom. The number of fused-ring (bicyclic) bond motifs is 4. The van der Waals surface area contributed by atoms with Crippen LogP contribution in [0.2, 0.25) is 0 Å². The maximum Gasteiger partial charge on any atom is 0.223 e. The molecular weight excluding hydrogens is 282 g/mol. The summed E-state index contributed by atoms with van der Waals surface area (Å²) in [6.45, 7) is 4.68. The highest BCUT2D eigenvalue weighted by Gasteiger charge is 2.56. The fourth-order valence-corrected chi connectivity index (χ4v) is 8.07. The molecule has 0 aromatic carbocycles. The summed E-state index contributed by atoms with van der Waals surface area (Å²) in [5.74, 6) is 4.02. The molecule has 7 aliphatic rings. The largest absolute Gasteiger partial charge is 0.342 e. The van der Waals surface area contributed by atoms with Crippen LogP contribution in [0.15, 0.2) is 0 Å². The van der Waals surface area contributed by atoms with Crippen molar-refractivity contribution >= 4 is 5.91 Å². The molecule has 6 bridgehead atoms. The summed E-state index contributed by atoms with van der Waals surface area (Å²) < 4.78 is 0. The standard InChI is InChI=1S/C21H33NO/c1-20-7-17-6-18(8-20)10-21(9-17,14-20)11-19(23)22-12-15-2-3-16(13-22)5-4-15/h15-18H,2-14H2,1H3. The molecule has 23 heavy (non-hydrogen) atoms. The van der Waals surface area contributed by atoms with E-state index in [9.17, 15) is 4.79 Å². The Morgan fingerprint density at radius 1 is 0.913 bits per heavy atom. The highest BCUT2D eigenvalue weighted by atomic mass is 16.2. The van der Waals surface area contributed by atoms with E-state index in [4.69, 9.17) is 0 Å². The molecule has 2 heteroatoms. The number of nitrogens with zero attached hydrogens (tertiary/aromatic N) is 1. The molecule has 0 aromatic heterocycles. The lowest BCUT2D eigenvalue weighted by Gasteiger charge is -2.61. The van der Waals surface area contributed by atoms with Crippen LogP contribution in [0.25, 0.3) is 0 Å². The van der Waals surface area contributed by atoms with Crippen LogP contribution in [0, 0.1) is 34.5 Å². The van der Waals surface area contributed by atoms with Gasteiger partial charge in [0.1, 0.15) is 0 Å². The van der Waals surface area contributed by atoms with Crippen molar-refractivity contribution in [3.05, 3.63) is 0 Å². The molecule has 0 N–H and O–H groups in total. The zero-order valence-electron chi connectivity index (χ0n) is 14.9. The van der Waals surface area contributed by atoms with Crippen molar-refractivity contribution in [3.63, 3.8) is 0 Å². The van der Waals surface area contributed by atoms with Gasteiger partial charge in [0, 0.05) is 19.5 Å². The Balaban J connectivity index is 1.32. The molecule has 5 saturated carbocycles. The Hall–Kier alpha value is -0.530. The minimum Gasteiger partial charge on any atom is -0.342 e. The molecule has 2 saturated heterocycles. The second kappa shape index (κ2) is 4.99. The molecule has 0 spiro atoms. The third-order valence-electron chi connectivity index (χ3n) is 8.28. The normalized spacial score (nSPS) is 51.1. The fourth-order valence-electron chi connectivity index (χ4n) is 8.07. The zero-order valence-corrected chi connectivity index (χ0v) is 14.9. The van der Waals surface area contributed by atoms with Crippen molar-refractivity contribution in [1.82, 2.24) is 4.90 Å². The van der Waals surface area contributed by atoms with Gasteiger partial charge in [0.25, 0.3) is 0 Å². The van der Waals surface area contributed by atoms with Gasteiger partial charge in [0.05, 0.1) is 0 Å². The van der Waals surface area contributed by atoms with Crippen LogP contribution < -0.4 is 0 Å². The SMILES string of the molecule is CC12CC3CC(C1)CC(CC(=O)N1CC4CCC(CC4)C1)(C3)C2. The van der Waals surface area contributed by atoms with Gasteiger partial charge in [-0.1, -0.05) is 6.92 Å². The molecule has 128 valence electrons. The maximum atomic E-state index is 13.2. The Morgan fingerprint density at radius 2 is 1.48 bits per heavy atom. The monoisotopic (exact) mass is 315 g/mol. The first-order valence-corrected chi connectivity index (χ1v) is 10.3. The van der Waals surface area contributed by atoms with E-state index in [1.165, 1.54) is 64.2 Å². The van der Waals surface area contributed by atoms with Gasteiger partial charge in [-0.05, 0) is 98.7 Å². The molecule has 2 unspecified atom stereocenters. The van der Waals surface area contributed by atoms with Crippen LogP contribution in [0.3, 0.4) is 0 Å². The molecular formula is C21H33NO. The molecule has 1 amide bonds. The fraction of sp³-hybridized carbons (Fsp3) is 0.952. The molecule has 2 aliphatic heterocycles. The molecule has 2 atom stereocenters. The van der Waals surface area contributed by atoms with Crippen LogP contribution >= 0.6 is 0 Å². The van der Waals surface area contributed by atoms with E-state index in [-0.39, 0.29) is 0 Å². The minimum atomic E-state index is 0.390. The number of rotatable bonds is 2. The average molecular weight is 316 g/mol. The molecule has 0 aromatic rings. The molecule has 0 radical (unpaired) electrons. The second-order valence-electron chi connectivity index (χ2n) is 10.6. The number of amides is 1. The van der Waals surface area contributed by atoms with Crippen LogP contribution in [0.5, 0.6) is 0 Å². The lowest BCUT2D eigenvalue weighted by atomic mass is 9.44. The van der Waals surface area contributed by atoms with E-state index in [0.29, 0.717) is 16.7 Å². The Kier molecular flexibility index (Phi) is 3.21.